The standard InChI is InChI=1S/C14H22N2/c1-4-10-16-14(11-15)8-5-6-13(7-9-14)12(2)3/h1,12-13,16H,5-10H2,2-3H3. The molecule has 2 unspecified atom stereocenters. The van der Waals surface area contributed by atoms with E-state index in [-0.39, 0.29) is 5.54 Å². The van der Waals surface area contributed by atoms with Crippen molar-refractivity contribution >= 4 is 0 Å². The Morgan fingerprint density at radius 2 is 2.19 bits per heavy atom. The quantitative estimate of drug-likeness (QED) is 0.584. The van der Waals surface area contributed by atoms with E-state index in [4.69, 9.17) is 6.42 Å². The van der Waals surface area contributed by atoms with E-state index in [0.717, 1.165) is 37.5 Å². The first kappa shape index (κ1) is 13.1. The Hall–Kier alpha value is -0.990. The van der Waals surface area contributed by atoms with E-state index in [1.54, 1.807) is 0 Å². The minimum Gasteiger partial charge on any atom is -0.288 e. The molecular weight excluding hydrogens is 196 g/mol. The van der Waals surface area contributed by atoms with Gasteiger partial charge in [-0.15, -0.1) is 6.42 Å². The van der Waals surface area contributed by atoms with Gasteiger partial charge in [0.25, 0.3) is 0 Å². The van der Waals surface area contributed by atoms with E-state index in [0.29, 0.717) is 6.54 Å². The Morgan fingerprint density at radius 3 is 2.75 bits per heavy atom. The van der Waals surface area contributed by atoms with Gasteiger partial charge in [0.2, 0.25) is 0 Å². The van der Waals surface area contributed by atoms with Gasteiger partial charge in [0, 0.05) is 0 Å². The van der Waals surface area contributed by atoms with E-state index >= 15 is 0 Å². The molecule has 1 rings (SSSR count). The summed E-state index contributed by atoms with van der Waals surface area (Å²) in [6.45, 7) is 5.05. The van der Waals surface area contributed by atoms with Crippen LogP contribution in [0.4, 0.5) is 0 Å². The van der Waals surface area contributed by atoms with Crippen LogP contribution in [0.25, 0.3) is 0 Å². The van der Waals surface area contributed by atoms with E-state index in [2.05, 4.69) is 31.2 Å². The molecule has 1 saturated carbocycles. The molecule has 0 aromatic heterocycles. The van der Waals surface area contributed by atoms with Gasteiger partial charge in [-0.2, -0.15) is 5.26 Å². The molecule has 0 bridgehead atoms. The third-order valence-corrected chi connectivity index (χ3v) is 3.81. The van der Waals surface area contributed by atoms with Crippen LogP contribution in [-0.2, 0) is 0 Å². The summed E-state index contributed by atoms with van der Waals surface area (Å²) in [7, 11) is 0. The highest BCUT2D eigenvalue weighted by molar-refractivity contribution is 5.10. The van der Waals surface area contributed by atoms with Crippen LogP contribution in [0.15, 0.2) is 0 Å². The van der Waals surface area contributed by atoms with Crippen molar-refractivity contribution in [2.75, 3.05) is 6.54 Å². The van der Waals surface area contributed by atoms with Gasteiger partial charge in [0.1, 0.15) is 5.54 Å². The number of hydrogen-bond donors (Lipinski definition) is 1. The molecule has 1 fully saturated rings. The summed E-state index contributed by atoms with van der Waals surface area (Å²) < 4.78 is 0. The fourth-order valence-electron chi connectivity index (χ4n) is 2.58. The van der Waals surface area contributed by atoms with E-state index in [9.17, 15) is 5.26 Å². The van der Waals surface area contributed by atoms with Crippen molar-refractivity contribution in [3.63, 3.8) is 0 Å². The van der Waals surface area contributed by atoms with Gasteiger partial charge >= 0.3 is 0 Å². The number of terminal acetylenes is 1. The van der Waals surface area contributed by atoms with Crippen LogP contribution >= 0.6 is 0 Å². The number of rotatable bonds is 3. The lowest BCUT2D eigenvalue weighted by Crippen LogP contribution is -2.43. The summed E-state index contributed by atoms with van der Waals surface area (Å²) in [6.07, 6.45) is 10.7. The van der Waals surface area contributed by atoms with Crippen LogP contribution < -0.4 is 5.32 Å². The molecule has 2 atom stereocenters. The van der Waals surface area contributed by atoms with Crippen molar-refractivity contribution in [2.45, 2.75) is 51.5 Å². The highest BCUT2D eigenvalue weighted by Crippen LogP contribution is 2.33. The molecule has 16 heavy (non-hydrogen) atoms. The maximum atomic E-state index is 9.34. The lowest BCUT2D eigenvalue weighted by atomic mass is 9.87. The van der Waals surface area contributed by atoms with Crippen LogP contribution in [0.3, 0.4) is 0 Å². The van der Waals surface area contributed by atoms with Crippen molar-refractivity contribution in [1.29, 1.82) is 5.26 Å². The predicted molar refractivity (Wildman–Crippen MR) is 66.6 cm³/mol. The minimum atomic E-state index is -0.365. The zero-order valence-corrected chi connectivity index (χ0v) is 10.4. The first-order valence-electron chi connectivity index (χ1n) is 6.23. The minimum absolute atomic E-state index is 0.365. The third-order valence-electron chi connectivity index (χ3n) is 3.81. The molecule has 1 N–H and O–H groups in total. The largest absolute Gasteiger partial charge is 0.288 e. The lowest BCUT2D eigenvalue weighted by Gasteiger charge is -2.25. The van der Waals surface area contributed by atoms with Crippen LogP contribution in [0.2, 0.25) is 0 Å². The Morgan fingerprint density at radius 1 is 1.44 bits per heavy atom. The first-order chi connectivity index (χ1) is 7.63. The van der Waals surface area contributed by atoms with Crippen molar-refractivity contribution in [3.8, 4) is 18.4 Å². The lowest BCUT2D eigenvalue weighted by molar-refractivity contribution is 0.327. The average molecular weight is 218 g/mol. The molecule has 2 nitrogen and oxygen atoms in total. The molecule has 0 heterocycles. The fraction of sp³-hybridized carbons (Fsp3) is 0.786. The van der Waals surface area contributed by atoms with Gasteiger partial charge in [-0.25, -0.2) is 0 Å². The molecule has 1 aliphatic rings. The molecule has 0 aliphatic heterocycles. The molecule has 0 spiro atoms. The van der Waals surface area contributed by atoms with E-state index in [1.165, 1.54) is 6.42 Å². The van der Waals surface area contributed by atoms with Crippen LogP contribution in [-0.4, -0.2) is 12.1 Å². The number of nitrogens with zero attached hydrogens (tertiary/aromatic N) is 1. The highest BCUT2D eigenvalue weighted by atomic mass is 15.0. The SMILES string of the molecule is C#CCNC1(C#N)CCCC(C(C)C)CC1. The summed E-state index contributed by atoms with van der Waals surface area (Å²) in [6, 6.07) is 2.45. The zero-order chi connectivity index (χ0) is 12.0. The Bertz CT molecular complexity index is 295. The molecular formula is C14H22N2. The van der Waals surface area contributed by atoms with Crippen LogP contribution in [0, 0.1) is 35.5 Å². The van der Waals surface area contributed by atoms with Gasteiger partial charge in [0.05, 0.1) is 12.6 Å². The fourth-order valence-corrected chi connectivity index (χ4v) is 2.58. The van der Waals surface area contributed by atoms with Crippen LogP contribution in [0.1, 0.15) is 46.0 Å². The summed E-state index contributed by atoms with van der Waals surface area (Å²) >= 11 is 0. The summed E-state index contributed by atoms with van der Waals surface area (Å²) in [5, 5.41) is 12.6. The van der Waals surface area contributed by atoms with Gasteiger partial charge in [-0.05, 0) is 31.1 Å². The van der Waals surface area contributed by atoms with Crippen molar-refractivity contribution in [3.05, 3.63) is 0 Å². The Kier molecular flexibility index (Phi) is 4.84. The molecule has 0 saturated heterocycles. The Balaban J connectivity index is 2.62. The number of nitriles is 1. The van der Waals surface area contributed by atoms with E-state index in [1.807, 2.05) is 0 Å². The average Bonchev–Trinajstić information content (AvgIpc) is 2.49. The van der Waals surface area contributed by atoms with Gasteiger partial charge in [-0.1, -0.05) is 32.6 Å². The highest BCUT2D eigenvalue weighted by Gasteiger charge is 2.33. The van der Waals surface area contributed by atoms with Gasteiger partial charge in [-0.3, -0.25) is 5.32 Å². The summed E-state index contributed by atoms with van der Waals surface area (Å²) in [5.74, 6) is 4.06. The molecule has 2 heteroatoms. The third kappa shape index (κ3) is 3.26. The van der Waals surface area contributed by atoms with Gasteiger partial charge < -0.3 is 0 Å². The molecule has 88 valence electrons. The summed E-state index contributed by atoms with van der Waals surface area (Å²) in [5.41, 5.74) is -0.365. The smallest absolute Gasteiger partial charge is 0.107 e. The molecule has 0 aromatic carbocycles. The molecule has 0 radical (unpaired) electrons. The predicted octanol–water partition coefficient (Wildman–Crippen LogP) is 2.71. The number of nitrogens with one attached hydrogen (secondary N) is 1. The second-order valence-corrected chi connectivity index (χ2v) is 5.19. The van der Waals surface area contributed by atoms with E-state index < -0.39 is 0 Å². The normalized spacial score (nSPS) is 30.4. The van der Waals surface area contributed by atoms with Crippen molar-refractivity contribution in [2.24, 2.45) is 11.8 Å². The first-order valence-corrected chi connectivity index (χ1v) is 6.23. The maximum absolute atomic E-state index is 9.34. The topological polar surface area (TPSA) is 35.8 Å². The second kappa shape index (κ2) is 5.92. The maximum Gasteiger partial charge on any atom is 0.107 e. The monoisotopic (exact) mass is 218 g/mol. The van der Waals surface area contributed by atoms with Crippen molar-refractivity contribution < 1.29 is 0 Å². The molecule has 0 aromatic rings. The van der Waals surface area contributed by atoms with Gasteiger partial charge in [0.15, 0.2) is 0 Å². The zero-order valence-electron chi connectivity index (χ0n) is 10.4. The summed E-state index contributed by atoms with van der Waals surface area (Å²) in [4.78, 5) is 0. The van der Waals surface area contributed by atoms with Crippen molar-refractivity contribution in [1.82, 2.24) is 5.32 Å². The molecule has 0 amide bonds. The Labute approximate surface area is 99.4 Å². The molecule has 1 aliphatic carbocycles. The van der Waals surface area contributed by atoms with Crippen LogP contribution in [0.5, 0.6) is 0 Å². The second-order valence-electron chi connectivity index (χ2n) is 5.19. The number of hydrogen-bond acceptors (Lipinski definition) is 2.